The van der Waals surface area contributed by atoms with Crippen LogP contribution in [-0.2, 0) is 16.4 Å². The first-order valence-electron chi connectivity index (χ1n) is 12.7. The van der Waals surface area contributed by atoms with Crippen molar-refractivity contribution in [2.45, 2.75) is 24.7 Å². The molecular formula is C31H26FN3O3S2. The minimum absolute atomic E-state index is 0.0840. The van der Waals surface area contributed by atoms with Gasteiger partial charge in [0.1, 0.15) is 5.82 Å². The summed E-state index contributed by atoms with van der Waals surface area (Å²) in [6.07, 6.45) is 1.75. The number of amides is 1. The van der Waals surface area contributed by atoms with Crippen LogP contribution >= 0.6 is 11.3 Å². The number of halogens is 1. The molecule has 0 atom stereocenters. The number of thiazole rings is 1. The van der Waals surface area contributed by atoms with E-state index >= 15 is 0 Å². The van der Waals surface area contributed by atoms with E-state index in [9.17, 15) is 17.6 Å². The Bertz CT molecular complexity index is 1740. The molecule has 5 rings (SSSR count). The molecule has 0 aliphatic carbocycles. The maximum absolute atomic E-state index is 13.2. The SMILES string of the molecule is CCCc1sc(NC(=O)c2cccc(NS(=O)(=O)c3ccc(F)cc3)c2)nc1-c1ccc(-c2ccccc2)cc1. The first-order valence-corrected chi connectivity index (χ1v) is 15.0. The Balaban J connectivity index is 1.34. The molecule has 0 saturated heterocycles. The first-order chi connectivity index (χ1) is 19.3. The van der Waals surface area contributed by atoms with Gasteiger partial charge in [-0.25, -0.2) is 17.8 Å². The molecule has 0 unspecified atom stereocenters. The van der Waals surface area contributed by atoms with Crippen molar-refractivity contribution in [2.24, 2.45) is 0 Å². The predicted octanol–water partition coefficient (Wildman–Crippen LogP) is 7.62. The molecule has 0 saturated carbocycles. The van der Waals surface area contributed by atoms with Gasteiger partial charge in [0.2, 0.25) is 0 Å². The van der Waals surface area contributed by atoms with Gasteiger partial charge in [0, 0.05) is 21.7 Å². The number of aryl methyl sites for hydroxylation is 1. The average molecular weight is 572 g/mol. The van der Waals surface area contributed by atoms with E-state index in [1.165, 1.54) is 35.6 Å². The molecular weight excluding hydrogens is 545 g/mol. The summed E-state index contributed by atoms with van der Waals surface area (Å²) in [5.41, 5.74) is 4.53. The summed E-state index contributed by atoms with van der Waals surface area (Å²) in [4.78, 5) is 18.8. The summed E-state index contributed by atoms with van der Waals surface area (Å²) in [5.74, 6) is -0.945. The van der Waals surface area contributed by atoms with E-state index in [4.69, 9.17) is 4.98 Å². The van der Waals surface area contributed by atoms with E-state index < -0.39 is 21.7 Å². The van der Waals surface area contributed by atoms with E-state index in [1.807, 2.05) is 30.3 Å². The monoisotopic (exact) mass is 571 g/mol. The third-order valence-corrected chi connectivity index (χ3v) is 8.59. The molecule has 9 heteroatoms. The van der Waals surface area contributed by atoms with Crippen molar-refractivity contribution in [3.05, 3.63) is 119 Å². The Morgan fingerprint density at radius 1 is 0.850 bits per heavy atom. The smallest absolute Gasteiger partial charge is 0.261 e. The summed E-state index contributed by atoms with van der Waals surface area (Å²) >= 11 is 1.43. The van der Waals surface area contributed by atoms with Crippen LogP contribution in [0.5, 0.6) is 0 Å². The fourth-order valence-electron chi connectivity index (χ4n) is 4.20. The topological polar surface area (TPSA) is 88.2 Å². The van der Waals surface area contributed by atoms with Crippen molar-refractivity contribution in [3.63, 3.8) is 0 Å². The largest absolute Gasteiger partial charge is 0.298 e. The van der Waals surface area contributed by atoms with Crippen LogP contribution in [0.15, 0.2) is 108 Å². The van der Waals surface area contributed by atoms with Crippen molar-refractivity contribution in [1.82, 2.24) is 4.98 Å². The number of rotatable bonds is 9. The number of carbonyl (C=O) groups excluding carboxylic acids is 1. The number of sulfonamides is 1. The van der Waals surface area contributed by atoms with Crippen molar-refractivity contribution in [3.8, 4) is 22.4 Å². The molecule has 2 N–H and O–H groups in total. The van der Waals surface area contributed by atoms with Crippen LogP contribution in [0.25, 0.3) is 22.4 Å². The van der Waals surface area contributed by atoms with E-state index in [0.29, 0.717) is 5.13 Å². The fourth-order valence-corrected chi connectivity index (χ4v) is 6.33. The highest BCUT2D eigenvalue weighted by Crippen LogP contribution is 2.34. The van der Waals surface area contributed by atoms with E-state index in [0.717, 1.165) is 52.2 Å². The van der Waals surface area contributed by atoms with Gasteiger partial charge >= 0.3 is 0 Å². The summed E-state index contributed by atoms with van der Waals surface area (Å²) in [7, 11) is -3.95. The maximum Gasteiger partial charge on any atom is 0.261 e. The van der Waals surface area contributed by atoms with Gasteiger partial charge < -0.3 is 0 Å². The molecule has 5 aromatic rings. The quantitative estimate of drug-likeness (QED) is 0.190. The highest BCUT2D eigenvalue weighted by Gasteiger charge is 2.18. The van der Waals surface area contributed by atoms with Crippen molar-refractivity contribution >= 4 is 38.1 Å². The van der Waals surface area contributed by atoms with Gasteiger partial charge in [0.25, 0.3) is 15.9 Å². The minimum atomic E-state index is -3.95. The number of benzene rings is 4. The normalized spacial score (nSPS) is 11.2. The van der Waals surface area contributed by atoms with Crippen molar-refractivity contribution in [1.29, 1.82) is 0 Å². The number of nitrogens with zero attached hydrogens (tertiary/aromatic N) is 1. The lowest BCUT2D eigenvalue weighted by Crippen LogP contribution is -2.15. The fraction of sp³-hybridized carbons (Fsp3) is 0.0968. The van der Waals surface area contributed by atoms with Gasteiger partial charge in [0.15, 0.2) is 5.13 Å². The lowest BCUT2D eigenvalue weighted by Gasteiger charge is -2.09. The second kappa shape index (κ2) is 11.8. The lowest BCUT2D eigenvalue weighted by atomic mass is 10.0. The Hall–Kier alpha value is -4.34. The van der Waals surface area contributed by atoms with Gasteiger partial charge in [-0.1, -0.05) is 74.0 Å². The van der Waals surface area contributed by atoms with E-state index in [2.05, 4.69) is 41.2 Å². The molecule has 1 heterocycles. The molecule has 0 fully saturated rings. The number of anilines is 2. The van der Waals surface area contributed by atoms with Gasteiger partial charge in [-0.2, -0.15) is 0 Å². The number of nitrogens with one attached hydrogen (secondary N) is 2. The van der Waals surface area contributed by atoms with Crippen LogP contribution in [-0.4, -0.2) is 19.3 Å². The zero-order chi connectivity index (χ0) is 28.1. The van der Waals surface area contributed by atoms with Gasteiger partial charge in [-0.3, -0.25) is 14.8 Å². The number of hydrogen-bond donors (Lipinski definition) is 2. The van der Waals surface area contributed by atoms with Crippen LogP contribution in [0.4, 0.5) is 15.2 Å². The Morgan fingerprint density at radius 3 is 2.23 bits per heavy atom. The molecule has 4 aromatic carbocycles. The third kappa shape index (κ3) is 6.27. The first kappa shape index (κ1) is 27.2. The van der Waals surface area contributed by atoms with Crippen LogP contribution in [0.2, 0.25) is 0 Å². The Kier molecular flexibility index (Phi) is 8.04. The summed E-state index contributed by atoms with van der Waals surface area (Å²) < 4.78 is 41.0. The van der Waals surface area contributed by atoms with Gasteiger partial charge in [0.05, 0.1) is 10.6 Å². The summed E-state index contributed by atoms with van der Waals surface area (Å²) in [6.45, 7) is 2.10. The lowest BCUT2D eigenvalue weighted by molar-refractivity contribution is 0.102. The molecule has 40 heavy (non-hydrogen) atoms. The highest BCUT2D eigenvalue weighted by atomic mass is 32.2. The second-order valence-corrected chi connectivity index (χ2v) is 11.8. The molecule has 1 amide bonds. The van der Waals surface area contributed by atoms with Crippen molar-refractivity contribution in [2.75, 3.05) is 10.0 Å². The molecule has 0 aliphatic rings. The number of carbonyl (C=O) groups is 1. The molecule has 0 spiro atoms. The number of aromatic nitrogens is 1. The highest BCUT2D eigenvalue weighted by molar-refractivity contribution is 7.92. The molecule has 0 aliphatic heterocycles. The number of hydrogen-bond acceptors (Lipinski definition) is 5. The molecule has 6 nitrogen and oxygen atoms in total. The van der Waals surface area contributed by atoms with Crippen LogP contribution < -0.4 is 10.0 Å². The minimum Gasteiger partial charge on any atom is -0.298 e. The zero-order valence-electron chi connectivity index (χ0n) is 21.6. The standard InChI is InChI=1S/C31H26FN3O3S2/c1-2-7-28-29(23-14-12-22(13-15-23)21-8-4-3-5-9-21)33-31(39-28)34-30(36)24-10-6-11-26(20-24)35-40(37,38)27-18-16-25(32)17-19-27/h3-6,8-20,35H,2,7H2,1H3,(H,33,34,36). The van der Waals surface area contributed by atoms with Gasteiger partial charge in [-0.05, 0) is 60.0 Å². The Labute approximate surface area is 236 Å². The molecule has 1 aromatic heterocycles. The Morgan fingerprint density at radius 2 is 1.52 bits per heavy atom. The van der Waals surface area contributed by atoms with Gasteiger partial charge in [-0.15, -0.1) is 11.3 Å². The van der Waals surface area contributed by atoms with Crippen LogP contribution in [0.1, 0.15) is 28.6 Å². The average Bonchev–Trinajstić information content (AvgIpc) is 3.36. The summed E-state index contributed by atoms with van der Waals surface area (Å²) in [6, 6.07) is 29.0. The van der Waals surface area contributed by atoms with Crippen LogP contribution in [0, 0.1) is 5.82 Å². The predicted molar refractivity (Wildman–Crippen MR) is 159 cm³/mol. The molecule has 0 radical (unpaired) electrons. The van der Waals surface area contributed by atoms with Crippen molar-refractivity contribution < 1.29 is 17.6 Å². The molecule has 0 bridgehead atoms. The maximum atomic E-state index is 13.2. The molecule has 202 valence electrons. The summed E-state index contributed by atoms with van der Waals surface area (Å²) in [5, 5.41) is 3.33. The van der Waals surface area contributed by atoms with E-state index in [-0.39, 0.29) is 16.1 Å². The second-order valence-electron chi connectivity index (χ2n) is 9.08. The third-order valence-electron chi connectivity index (χ3n) is 6.16. The van der Waals surface area contributed by atoms with E-state index in [1.54, 1.807) is 12.1 Å². The van der Waals surface area contributed by atoms with Crippen LogP contribution in [0.3, 0.4) is 0 Å². The zero-order valence-corrected chi connectivity index (χ0v) is 23.2.